The zero-order valence-corrected chi connectivity index (χ0v) is 12.7. The number of methoxy groups -OCH3 is 1. The molecular formula is C17H14ClNO3. The van der Waals surface area contributed by atoms with Crippen molar-refractivity contribution in [1.82, 2.24) is 0 Å². The van der Waals surface area contributed by atoms with E-state index < -0.39 is 12.0 Å². The highest BCUT2D eigenvalue weighted by atomic mass is 35.5. The van der Waals surface area contributed by atoms with E-state index in [2.05, 4.69) is 0 Å². The second kappa shape index (κ2) is 5.81. The first-order valence-electron chi connectivity index (χ1n) is 6.83. The van der Waals surface area contributed by atoms with Gasteiger partial charge in [-0.15, -0.1) is 0 Å². The van der Waals surface area contributed by atoms with Gasteiger partial charge in [0.1, 0.15) is 18.1 Å². The number of amides is 1. The summed E-state index contributed by atoms with van der Waals surface area (Å²) in [4.78, 5) is 25.4. The highest BCUT2D eigenvalue weighted by Gasteiger charge is 2.48. The lowest BCUT2D eigenvalue weighted by Gasteiger charge is -2.44. The topological polar surface area (TPSA) is 46.6 Å². The molecule has 0 aliphatic carbocycles. The third-order valence-electron chi connectivity index (χ3n) is 3.86. The summed E-state index contributed by atoms with van der Waals surface area (Å²) in [5.74, 6) is 0.162. The average molecular weight is 316 g/mol. The summed E-state index contributed by atoms with van der Waals surface area (Å²) >= 11 is 5.86. The van der Waals surface area contributed by atoms with Crippen LogP contribution in [0.1, 0.15) is 11.5 Å². The second-order valence-electron chi connectivity index (χ2n) is 5.06. The van der Waals surface area contributed by atoms with Crippen molar-refractivity contribution in [3.05, 3.63) is 59.1 Å². The van der Waals surface area contributed by atoms with Gasteiger partial charge in [-0.05, 0) is 42.0 Å². The van der Waals surface area contributed by atoms with E-state index in [1.54, 1.807) is 55.6 Å². The number of carbonyl (C=O) groups excluding carboxylic acids is 2. The summed E-state index contributed by atoms with van der Waals surface area (Å²) in [5.41, 5.74) is 1.49. The fraction of sp³-hybridized carbons (Fsp3) is 0.176. The van der Waals surface area contributed by atoms with Gasteiger partial charge in [-0.2, -0.15) is 0 Å². The standard InChI is InChI=1S/C17H14ClNO3/c1-22-14-8-6-13(7-9-14)19-15(10-20)16(17(19)21)11-2-4-12(18)5-3-11/h2-10,15-16H,1H3/t15-,16+/m0/s1. The second-order valence-corrected chi connectivity index (χ2v) is 5.50. The normalized spacial score (nSPS) is 20.5. The molecule has 3 rings (SSSR count). The van der Waals surface area contributed by atoms with Crippen molar-refractivity contribution in [2.45, 2.75) is 12.0 Å². The van der Waals surface area contributed by atoms with Gasteiger partial charge in [0.15, 0.2) is 0 Å². The van der Waals surface area contributed by atoms with Gasteiger partial charge in [-0.1, -0.05) is 23.7 Å². The van der Waals surface area contributed by atoms with Crippen LogP contribution in [0.15, 0.2) is 48.5 Å². The molecule has 0 aromatic heterocycles. The van der Waals surface area contributed by atoms with Crippen LogP contribution in [0.2, 0.25) is 5.02 Å². The molecule has 1 aliphatic heterocycles. The van der Waals surface area contributed by atoms with Crippen LogP contribution in [0.25, 0.3) is 0 Å². The lowest BCUT2D eigenvalue weighted by molar-refractivity contribution is -0.130. The largest absolute Gasteiger partial charge is 0.497 e. The minimum absolute atomic E-state index is 0.0930. The molecule has 2 aromatic carbocycles. The van der Waals surface area contributed by atoms with Crippen molar-refractivity contribution in [2.24, 2.45) is 0 Å². The molecule has 0 saturated carbocycles. The van der Waals surface area contributed by atoms with Gasteiger partial charge in [0.25, 0.3) is 0 Å². The summed E-state index contributed by atoms with van der Waals surface area (Å²) in [6, 6.07) is 13.6. The minimum Gasteiger partial charge on any atom is -0.497 e. The predicted molar refractivity (Wildman–Crippen MR) is 84.5 cm³/mol. The average Bonchev–Trinajstić information content (AvgIpc) is 2.55. The van der Waals surface area contributed by atoms with Crippen molar-refractivity contribution in [3.8, 4) is 5.75 Å². The molecule has 1 amide bonds. The van der Waals surface area contributed by atoms with Gasteiger partial charge in [0.05, 0.1) is 13.0 Å². The summed E-state index contributed by atoms with van der Waals surface area (Å²) in [6.45, 7) is 0. The maximum absolute atomic E-state index is 12.5. The Morgan fingerprint density at radius 3 is 2.27 bits per heavy atom. The zero-order chi connectivity index (χ0) is 15.7. The first-order chi connectivity index (χ1) is 10.7. The Kier molecular flexibility index (Phi) is 3.86. The third kappa shape index (κ3) is 2.35. The fourth-order valence-corrected chi connectivity index (χ4v) is 2.83. The number of carbonyl (C=O) groups is 2. The van der Waals surface area contributed by atoms with Gasteiger partial charge in [0.2, 0.25) is 5.91 Å². The van der Waals surface area contributed by atoms with Crippen LogP contribution in [-0.2, 0) is 9.59 Å². The van der Waals surface area contributed by atoms with Crippen LogP contribution >= 0.6 is 11.6 Å². The number of nitrogens with zero attached hydrogens (tertiary/aromatic N) is 1. The molecule has 22 heavy (non-hydrogen) atoms. The van der Waals surface area contributed by atoms with Crippen LogP contribution in [0.3, 0.4) is 0 Å². The maximum Gasteiger partial charge on any atom is 0.237 e. The van der Waals surface area contributed by atoms with E-state index >= 15 is 0 Å². The van der Waals surface area contributed by atoms with Crippen molar-refractivity contribution in [1.29, 1.82) is 0 Å². The van der Waals surface area contributed by atoms with Gasteiger partial charge in [-0.3, -0.25) is 4.79 Å². The van der Waals surface area contributed by atoms with E-state index in [0.29, 0.717) is 16.5 Å². The molecule has 2 atom stereocenters. The van der Waals surface area contributed by atoms with Crippen LogP contribution in [0.4, 0.5) is 5.69 Å². The predicted octanol–water partition coefficient (Wildman–Crippen LogP) is 3.05. The molecule has 1 saturated heterocycles. The highest BCUT2D eigenvalue weighted by Crippen LogP contribution is 2.39. The Balaban J connectivity index is 1.87. The van der Waals surface area contributed by atoms with E-state index in [0.717, 1.165) is 11.8 Å². The molecule has 112 valence electrons. The van der Waals surface area contributed by atoms with Crippen molar-refractivity contribution >= 4 is 29.5 Å². The van der Waals surface area contributed by atoms with E-state index in [9.17, 15) is 9.59 Å². The van der Waals surface area contributed by atoms with Gasteiger partial charge in [0, 0.05) is 10.7 Å². The van der Waals surface area contributed by atoms with Gasteiger partial charge < -0.3 is 14.4 Å². The van der Waals surface area contributed by atoms with Crippen molar-refractivity contribution < 1.29 is 14.3 Å². The Hall–Kier alpha value is -2.33. The van der Waals surface area contributed by atoms with Crippen molar-refractivity contribution in [3.63, 3.8) is 0 Å². The number of β-lactam (4-membered cyclic amide) rings is 1. The highest BCUT2D eigenvalue weighted by molar-refractivity contribution is 6.30. The Morgan fingerprint density at radius 1 is 1.09 bits per heavy atom. The number of aldehydes is 1. The summed E-state index contributed by atoms with van der Waals surface area (Å²) < 4.78 is 5.10. The lowest BCUT2D eigenvalue weighted by atomic mass is 9.82. The van der Waals surface area contributed by atoms with E-state index in [4.69, 9.17) is 16.3 Å². The lowest BCUT2D eigenvalue weighted by Crippen LogP contribution is -2.60. The molecule has 2 aromatic rings. The van der Waals surface area contributed by atoms with Crippen LogP contribution in [0, 0.1) is 0 Å². The van der Waals surface area contributed by atoms with Crippen LogP contribution in [0.5, 0.6) is 5.75 Å². The number of halogens is 1. The fourth-order valence-electron chi connectivity index (χ4n) is 2.70. The molecule has 1 aliphatic rings. The molecule has 0 radical (unpaired) electrons. The molecule has 0 unspecified atom stereocenters. The molecule has 5 heteroatoms. The molecule has 4 nitrogen and oxygen atoms in total. The molecular weight excluding hydrogens is 302 g/mol. The Morgan fingerprint density at radius 2 is 1.73 bits per heavy atom. The first-order valence-corrected chi connectivity index (χ1v) is 7.21. The van der Waals surface area contributed by atoms with Crippen molar-refractivity contribution in [2.75, 3.05) is 12.0 Å². The number of anilines is 1. The first kappa shape index (κ1) is 14.6. The summed E-state index contributed by atoms with van der Waals surface area (Å²) in [6.07, 6.45) is 0.810. The van der Waals surface area contributed by atoms with Crippen LogP contribution < -0.4 is 9.64 Å². The van der Waals surface area contributed by atoms with Gasteiger partial charge in [-0.25, -0.2) is 0 Å². The SMILES string of the molecule is COc1ccc(N2C(=O)[C@H](c3ccc(Cl)cc3)[C@@H]2C=O)cc1. The smallest absolute Gasteiger partial charge is 0.237 e. The van der Waals surface area contributed by atoms with Gasteiger partial charge >= 0.3 is 0 Å². The third-order valence-corrected chi connectivity index (χ3v) is 4.11. The Bertz CT molecular complexity index is 697. The number of ether oxygens (including phenoxy) is 1. The quantitative estimate of drug-likeness (QED) is 0.643. The molecule has 0 bridgehead atoms. The van der Waals surface area contributed by atoms with E-state index in [1.165, 1.54) is 4.90 Å². The monoisotopic (exact) mass is 315 g/mol. The Labute approximate surface area is 133 Å². The molecule has 0 N–H and O–H groups in total. The van der Waals surface area contributed by atoms with Crippen LogP contribution in [-0.4, -0.2) is 25.3 Å². The van der Waals surface area contributed by atoms with E-state index in [1.807, 2.05) is 0 Å². The maximum atomic E-state index is 12.5. The number of benzene rings is 2. The molecule has 1 fully saturated rings. The summed E-state index contributed by atoms with van der Waals surface area (Å²) in [5, 5.41) is 0.602. The molecule has 1 heterocycles. The number of hydrogen-bond donors (Lipinski definition) is 0. The minimum atomic E-state index is -0.498. The number of hydrogen-bond acceptors (Lipinski definition) is 3. The molecule has 0 spiro atoms. The summed E-state index contributed by atoms with van der Waals surface area (Å²) in [7, 11) is 1.58. The number of rotatable bonds is 4. The zero-order valence-electron chi connectivity index (χ0n) is 11.9. The van der Waals surface area contributed by atoms with E-state index in [-0.39, 0.29) is 5.91 Å².